The molecule has 2 N–H and O–H groups in total. The lowest BCUT2D eigenvalue weighted by atomic mass is 10.0. The second-order valence-corrected chi connectivity index (χ2v) is 10.9. The SMILES string of the molecule is Cl.Oc1c(CN2CCCC2)cc(Nc2c3cc(Cl)ccc3nc3ccc(Cl)cc23)cc1CN1CCCC1. The standard InChI is InChI=1S/C29H30Cl2N4O.ClH/c30-21-5-7-26-24(15-21)28(25-16-22(31)6-8-27(25)33-26)32-23-13-19(17-34-9-1-2-10-34)29(36)20(14-23)18-35-11-3-4-12-35;/h5-8,13-16,36H,1-4,9-12,17-18H2,(H,32,33);1H. The van der Waals surface area contributed by atoms with Crippen LogP contribution in [0.25, 0.3) is 21.8 Å². The molecule has 0 saturated carbocycles. The molecule has 6 rings (SSSR count). The fraction of sp³-hybridized carbons (Fsp3) is 0.345. The maximum Gasteiger partial charge on any atom is 0.124 e. The molecule has 3 aromatic carbocycles. The lowest BCUT2D eigenvalue weighted by Crippen LogP contribution is -2.20. The quantitative estimate of drug-likeness (QED) is 0.187. The van der Waals surface area contributed by atoms with Gasteiger partial charge in [0.15, 0.2) is 0 Å². The van der Waals surface area contributed by atoms with Crippen molar-refractivity contribution in [2.45, 2.75) is 38.8 Å². The summed E-state index contributed by atoms with van der Waals surface area (Å²) in [5.74, 6) is 0.426. The third kappa shape index (κ3) is 5.62. The van der Waals surface area contributed by atoms with Crippen LogP contribution in [-0.4, -0.2) is 46.1 Å². The fourth-order valence-corrected chi connectivity index (χ4v) is 5.95. The molecule has 2 saturated heterocycles. The molecule has 0 bridgehead atoms. The van der Waals surface area contributed by atoms with Crippen molar-refractivity contribution in [1.29, 1.82) is 0 Å². The Kier molecular flexibility index (Phi) is 7.99. The van der Waals surface area contributed by atoms with Gasteiger partial charge in [0.05, 0.1) is 16.7 Å². The number of fused-ring (bicyclic) bond motifs is 2. The Balaban J connectivity index is 0.00000280. The third-order valence-electron chi connectivity index (χ3n) is 7.42. The van der Waals surface area contributed by atoms with Crippen LogP contribution in [0.5, 0.6) is 5.75 Å². The number of anilines is 2. The first kappa shape index (κ1) is 26.3. The van der Waals surface area contributed by atoms with Crippen LogP contribution >= 0.6 is 35.6 Å². The number of aromatic hydroxyl groups is 1. The number of benzene rings is 3. The topological polar surface area (TPSA) is 51.6 Å². The van der Waals surface area contributed by atoms with Gasteiger partial charge in [-0.3, -0.25) is 9.80 Å². The number of rotatable bonds is 6. The average Bonchev–Trinajstić information content (AvgIpc) is 3.57. The van der Waals surface area contributed by atoms with Crippen molar-refractivity contribution in [3.8, 4) is 5.75 Å². The van der Waals surface area contributed by atoms with Gasteiger partial charge in [-0.05, 0) is 100 Å². The fourth-order valence-electron chi connectivity index (χ4n) is 5.60. The number of phenols is 1. The van der Waals surface area contributed by atoms with Gasteiger partial charge in [-0.1, -0.05) is 23.2 Å². The summed E-state index contributed by atoms with van der Waals surface area (Å²) in [5, 5.41) is 18.2. The van der Waals surface area contributed by atoms with Gasteiger partial charge in [-0.15, -0.1) is 12.4 Å². The summed E-state index contributed by atoms with van der Waals surface area (Å²) in [6.45, 7) is 5.82. The molecule has 2 fully saturated rings. The van der Waals surface area contributed by atoms with E-state index in [9.17, 15) is 5.11 Å². The molecule has 0 spiro atoms. The molecular formula is C29H31Cl3N4O. The van der Waals surface area contributed by atoms with Gasteiger partial charge in [-0.25, -0.2) is 4.98 Å². The summed E-state index contributed by atoms with van der Waals surface area (Å²) >= 11 is 12.8. The van der Waals surface area contributed by atoms with Gasteiger partial charge in [0.25, 0.3) is 0 Å². The highest BCUT2D eigenvalue weighted by molar-refractivity contribution is 6.32. The average molecular weight is 558 g/mol. The zero-order valence-corrected chi connectivity index (χ0v) is 23.0. The van der Waals surface area contributed by atoms with Gasteiger partial charge in [-0.2, -0.15) is 0 Å². The van der Waals surface area contributed by atoms with Crippen LogP contribution in [0.4, 0.5) is 11.4 Å². The molecule has 0 atom stereocenters. The van der Waals surface area contributed by atoms with Gasteiger partial charge >= 0.3 is 0 Å². The van der Waals surface area contributed by atoms with Crippen molar-refractivity contribution < 1.29 is 5.11 Å². The molecule has 0 amide bonds. The van der Waals surface area contributed by atoms with E-state index in [1.165, 1.54) is 25.7 Å². The van der Waals surface area contributed by atoms with Crippen molar-refractivity contribution in [2.75, 3.05) is 31.5 Å². The van der Waals surface area contributed by atoms with Gasteiger partial charge < -0.3 is 10.4 Å². The molecule has 2 aliphatic heterocycles. The Hall–Kier alpha value is -2.28. The predicted octanol–water partition coefficient (Wildman–Crippen LogP) is 7.76. The van der Waals surface area contributed by atoms with E-state index in [0.29, 0.717) is 15.8 Å². The van der Waals surface area contributed by atoms with Crippen LogP contribution in [0, 0.1) is 0 Å². The van der Waals surface area contributed by atoms with Crippen LogP contribution in [0.3, 0.4) is 0 Å². The van der Waals surface area contributed by atoms with Gasteiger partial charge in [0.1, 0.15) is 5.75 Å². The first-order chi connectivity index (χ1) is 17.5. The molecule has 5 nitrogen and oxygen atoms in total. The number of pyridine rings is 1. The van der Waals surface area contributed by atoms with Crippen LogP contribution < -0.4 is 5.32 Å². The summed E-state index contributed by atoms with van der Waals surface area (Å²) < 4.78 is 0. The Bertz CT molecular complexity index is 1330. The molecule has 0 unspecified atom stereocenters. The molecule has 194 valence electrons. The normalized spacial score (nSPS) is 16.5. The zero-order chi connectivity index (χ0) is 24.6. The summed E-state index contributed by atoms with van der Waals surface area (Å²) in [7, 11) is 0. The van der Waals surface area contributed by atoms with Gasteiger partial charge in [0, 0.05) is 50.7 Å². The largest absolute Gasteiger partial charge is 0.507 e. The monoisotopic (exact) mass is 556 g/mol. The van der Waals surface area contributed by atoms with E-state index < -0.39 is 0 Å². The number of likely N-dealkylation sites (tertiary alicyclic amines) is 2. The number of aromatic nitrogens is 1. The van der Waals surface area contributed by atoms with Crippen molar-refractivity contribution in [3.05, 3.63) is 69.7 Å². The van der Waals surface area contributed by atoms with Crippen molar-refractivity contribution in [2.24, 2.45) is 0 Å². The second-order valence-electron chi connectivity index (χ2n) is 10.0. The highest BCUT2D eigenvalue weighted by Gasteiger charge is 2.20. The first-order valence-corrected chi connectivity index (χ1v) is 13.5. The highest BCUT2D eigenvalue weighted by Crippen LogP contribution is 2.38. The zero-order valence-electron chi connectivity index (χ0n) is 20.6. The smallest absolute Gasteiger partial charge is 0.124 e. The minimum Gasteiger partial charge on any atom is -0.507 e. The molecule has 1 aromatic heterocycles. The van der Waals surface area contributed by atoms with Gasteiger partial charge in [0.2, 0.25) is 0 Å². The number of phenolic OH excluding ortho intramolecular Hbond substituents is 1. The van der Waals surface area contributed by atoms with Crippen LogP contribution in [0.1, 0.15) is 36.8 Å². The minimum absolute atomic E-state index is 0. The van der Waals surface area contributed by atoms with Crippen molar-refractivity contribution >= 4 is 68.8 Å². The first-order valence-electron chi connectivity index (χ1n) is 12.8. The van der Waals surface area contributed by atoms with E-state index in [1.807, 2.05) is 36.4 Å². The number of hydrogen-bond acceptors (Lipinski definition) is 5. The van der Waals surface area contributed by atoms with E-state index in [2.05, 4.69) is 27.2 Å². The predicted molar refractivity (Wildman–Crippen MR) is 157 cm³/mol. The summed E-state index contributed by atoms with van der Waals surface area (Å²) in [4.78, 5) is 9.69. The third-order valence-corrected chi connectivity index (χ3v) is 7.89. The molecule has 3 heterocycles. The molecular weight excluding hydrogens is 527 g/mol. The number of hydrogen-bond donors (Lipinski definition) is 2. The number of nitrogens with one attached hydrogen (secondary N) is 1. The maximum atomic E-state index is 11.3. The van der Waals surface area contributed by atoms with Crippen LogP contribution in [-0.2, 0) is 13.1 Å². The van der Waals surface area contributed by atoms with E-state index >= 15 is 0 Å². The van der Waals surface area contributed by atoms with Crippen molar-refractivity contribution in [1.82, 2.24) is 14.8 Å². The van der Waals surface area contributed by atoms with E-state index in [1.54, 1.807) is 0 Å². The Morgan fingerprint density at radius 1 is 0.730 bits per heavy atom. The molecule has 0 radical (unpaired) electrons. The summed E-state index contributed by atoms with van der Waals surface area (Å²) in [6, 6.07) is 15.7. The molecule has 4 aromatic rings. The number of nitrogens with zero attached hydrogens (tertiary/aromatic N) is 3. The lowest BCUT2D eigenvalue weighted by Gasteiger charge is -2.22. The second kappa shape index (κ2) is 11.2. The Morgan fingerprint density at radius 3 is 1.65 bits per heavy atom. The minimum atomic E-state index is 0. The van der Waals surface area contributed by atoms with Crippen molar-refractivity contribution in [3.63, 3.8) is 0 Å². The van der Waals surface area contributed by atoms with E-state index in [0.717, 1.165) is 83.6 Å². The Labute approximate surface area is 233 Å². The molecule has 37 heavy (non-hydrogen) atoms. The maximum absolute atomic E-state index is 11.3. The lowest BCUT2D eigenvalue weighted by molar-refractivity contribution is 0.312. The number of halogens is 3. The van der Waals surface area contributed by atoms with E-state index in [4.69, 9.17) is 28.2 Å². The summed E-state index contributed by atoms with van der Waals surface area (Å²) in [6.07, 6.45) is 4.87. The molecule has 8 heteroatoms. The van der Waals surface area contributed by atoms with E-state index in [-0.39, 0.29) is 12.4 Å². The molecule has 2 aliphatic rings. The molecule has 0 aliphatic carbocycles. The highest BCUT2D eigenvalue weighted by atomic mass is 35.5. The Morgan fingerprint density at radius 2 is 1.19 bits per heavy atom. The summed E-state index contributed by atoms with van der Waals surface area (Å²) in [5.41, 5.74) is 5.54. The van der Waals surface area contributed by atoms with Crippen LogP contribution in [0.2, 0.25) is 10.0 Å². The van der Waals surface area contributed by atoms with Crippen LogP contribution in [0.15, 0.2) is 48.5 Å².